The van der Waals surface area contributed by atoms with Crippen molar-refractivity contribution in [3.05, 3.63) is 32.7 Å². The molecule has 4 heteroatoms. The Morgan fingerprint density at radius 2 is 2.06 bits per heavy atom. The van der Waals surface area contributed by atoms with Gasteiger partial charge in [0.2, 0.25) is 0 Å². The maximum Gasteiger partial charge on any atom is 0.255 e. The van der Waals surface area contributed by atoms with Gasteiger partial charge in [0.15, 0.2) is 0 Å². The van der Waals surface area contributed by atoms with Crippen molar-refractivity contribution in [3.8, 4) is 0 Å². The van der Waals surface area contributed by atoms with Crippen LogP contribution in [0, 0.1) is 5.41 Å². The number of halogens is 2. The highest BCUT2D eigenvalue weighted by Crippen LogP contribution is 2.30. The summed E-state index contributed by atoms with van der Waals surface area (Å²) in [6, 6.07) is 5.72. The lowest BCUT2D eigenvalue weighted by atomic mass is 9.84. The molecule has 1 fully saturated rings. The van der Waals surface area contributed by atoms with Crippen LogP contribution < -0.4 is 0 Å². The van der Waals surface area contributed by atoms with Crippen molar-refractivity contribution in [3.63, 3.8) is 0 Å². The van der Waals surface area contributed by atoms with Crippen molar-refractivity contribution in [2.45, 2.75) is 26.7 Å². The summed E-state index contributed by atoms with van der Waals surface area (Å²) >= 11 is 6.88. The topological polar surface area (TPSA) is 20.3 Å². The Hall–Kier alpha value is -0.350. The summed E-state index contributed by atoms with van der Waals surface area (Å²) in [5, 5.41) is 0. The first-order valence-electron chi connectivity index (χ1n) is 6.13. The highest BCUT2D eigenvalue weighted by molar-refractivity contribution is 9.11. The first-order chi connectivity index (χ1) is 8.39. The third-order valence-corrected chi connectivity index (χ3v) is 4.53. The molecule has 1 aliphatic heterocycles. The summed E-state index contributed by atoms with van der Waals surface area (Å²) in [6.07, 6.45) is 2.28. The molecule has 1 aromatic rings. The van der Waals surface area contributed by atoms with Crippen LogP contribution >= 0.6 is 31.9 Å². The Balaban J connectivity index is 2.23. The molecule has 0 unspecified atom stereocenters. The number of piperidine rings is 1. The van der Waals surface area contributed by atoms with Crippen molar-refractivity contribution in [1.82, 2.24) is 4.90 Å². The van der Waals surface area contributed by atoms with E-state index in [0.717, 1.165) is 34.0 Å². The molecule has 98 valence electrons. The fourth-order valence-electron chi connectivity index (χ4n) is 2.43. The predicted octanol–water partition coefficient (Wildman–Crippen LogP) is 4.47. The second-order valence-corrected chi connectivity index (χ2v) is 7.39. The largest absolute Gasteiger partial charge is 0.338 e. The number of benzene rings is 1. The summed E-state index contributed by atoms with van der Waals surface area (Å²) < 4.78 is 1.80. The van der Waals surface area contributed by atoms with Gasteiger partial charge in [0.05, 0.1) is 5.56 Å². The fourth-order valence-corrected chi connectivity index (χ4v) is 3.21. The van der Waals surface area contributed by atoms with Crippen LogP contribution in [-0.4, -0.2) is 23.9 Å². The molecule has 0 atom stereocenters. The monoisotopic (exact) mass is 373 g/mol. The second kappa shape index (κ2) is 5.33. The minimum Gasteiger partial charge on any atom is -0.338 e. The van der Waals surface area contributed by atoms with Crippen LogP contribution in [0.4, 0.5) is 0 Å². The van der Waals surface area contributed by atoms with Crippen LogP contribution in [-0.2, 0) is 0 Å². The lowest BCUT2D eigenvalue weighted by molar-refractivity contribution is 0.0582. The van der Waals surface area contributed by atoms with Gasteiger partial charge < -0.3 is 4.90 Å². The van der Waals surface area contributed by atoms with Crippen molar-refractivity contribution in [2.24, 2.45) is 5.41 Å². The van der Waals surface area contributed by atoms with Gasteiger partial charge in [-0.25, -0.2) is 0 Å². The van der Waals surface area contributed by atoms with Crippen molar-refractivity contribution < 1.29 is 4.79 Å². The first-order valence-corrected chi connectivity index (χ1v) is 7.72. The van der Waals surface area contributed by atoms with Crippen LogP contribution in [0.1, 0.15) is 37.0 Å². The molecule has 0 aromatic heterocycles. The van der Waals surface area contributed by atoms with Gasteiger partial charge in [-0.15, -0.1) is 0 Å². The van der Waals surface area contributed by atoms with Crippen LogP contribution in [0.5, 0.6) is 0 Å². The van der Waals surface area contributed by atoms with Gasteiger partial charge >= 0.3 is 0 Å². The summed E-state index contributed by atoms with van der Waals surface area (Å²) in [5.74, 6) is 0.121. The van der Waals surface area contributed by atoms with E-state index in [4.69, 9.17) is 0 Å². The molecule has 1 aromatic carbocycles. The predicted molar refractivity (Wildman–Crippen MR) is 80.8 cm³/mol. The fraction of sp³-hybridized carbons (Fsp3) is 0.500. The molecule has 1 heterocycles. The number of hydrogen-bond acceptors (Lipinski definition) is 1. The maximum absolute atomic E-state index is 12.5. The standard InChI is InChI=1S/C14H17Br2NO/c1-14(2)6-3-7-17(9-14)13(18)11-8-10(15)4-5-12(11)16/h4-5,8H,3,6-7,9H2,1-2H3. The van der Waals surface area contributed by atoms with Crippen molar-refractivity contribution in [1.29, 1.82) is 0 Å². The van der Waals surface area contributed by atoms with E-state index in [1.165, 1.54) is 6.42 Å². The van der Waals surface area contributed by atoms with Crippen molar-refractivity contribution in [2.75, 3.05) is 13.1 Å². The Kier molecular flexibility index (Phi) is 4.17. The highest BCUT2D eigenvalue weighted by Gasteiger charge is 2.30. The molecular weight excluding hydrogens is 358 g/mol. The number of amides is 1. The Morgan fingerprint density at radius 3 is 2.72 bits per heavy atom. The summed E-state index contributed by atoms with van der Waals surface area (Å²) in [7, 11) is 0. The van der Waals surface area contributed by atoms with Gasteiger partial charge in [-0.3, -0.25) is 4.79 Å². The highest BCUT2D eigenvalue weighted by atomic mass is 79.9. The van der Waals surface area contributed by atoms with Gasteiger partial charge in [0.1, 0.15) is 0 Å². The quantitative estimate of drug-likeness (QED) is 0.709. The first kappa shape index (κ1) is 14.1. The Bertz CT molecular complexity index is 471. The second-order valence-electron chi connectivity index (χ2n) is 5.62. The summed E-state index contributed by atoms with van der Waals surface area (Å²) in [6.45, 7) is 6.15. The number of carbonyl (C=O) groups excluding carboxylic acids is 1. The van der Waals surface area contributed by atoms with E-state index in [0.29, 0.717) is 0 Å². The maximum atomic E-state index is 12.5. The summed E-state index contributed by atoms with van der Waals surface area (Å²) in [5.41, 5.74) is 0.967. The van der Waals surface area contributed by atoms with E-state index in [9.17, 15) is 4.79 Å². The van der Waals surface area contributed by atoms with Gasteiger partial charge in [-0.2, -0.15) is 0 Å². The number of likely N-dealkylation sites (tertiary alicyclic amines) is 1. The SMILES string of the molecule is CC1(C)CCCN(C(=O)c2cc(Br)ccc2Br)C1. The molecule has 2 nitrogen and oxygen atoms in total. The molecule has 0 bridgehead atoms. The van der Waals surface area contributed by atoms with E-state index < -0.39 is 0 Å². The third kappa shape index (κ3) is 3.15. The number of carbonyl (C=O) groups is 1. The molecule has 2 rings (SSSR count). The van der Waals surface area contributed by atoms with Gasteiger partial charge in [-0.1, -0.05) is 29.8 Å². The molecular formula is C14H17Br2NO. The van der Waals surface area contributed by atoms with Crippen LogP contribution in [0.25, 0.3) is 0 Å². The van der Waals surface area contributed by atoms with Gasteiger partial charge in [0, 0.05) is 22.0 Å². The van der Waals surface area contributed by atoms with Crippen LogP contribution in [0.3, 0.4) is 0 Å². The zero-order valence-corrected chi connectivity index (χ0v) is 13.8. The summed E-state index contributed by atoms with van der Waals surface area (Å²) in [4.78, 5) is 14.5. The zero-order chi connectivity index (χ0) is 13.3. The molecule has 1 saturated heterocycles. The average molecular weight is 375 g/mol. The van der Waals surface area contributed by atoms with Crippen molar-refractivity contribution >= 4 is 37.8 Å². The number of hydrogen-bond donors (Lipinski definition) is 0. The van der Waals surface area contributed by atoms with E-state index in [2.05, 4.69) is 45.7 Å². The molecule has 18 heavy (non-hydrogen) atoms. The smallest absolute Gasteiger partial charge is 0.255 e. The molecule has 0 radical (unpaired) electrons. The number of nitrogens with zero attached hydrogens (tertiary/aromatic N) is 1. The average Bonchev–Trinajstić information content (AvgIpc) is 2.30. The lowest BCUT2D eigenvalue weighted by Crippen LogP contribution is -2.43. The van der Waals surface area contributed by atoms with Gasteiger partial charge in [-0.05, 0) is 52.4 Å². The van der Waals surface area contributed by atoms with E-state index in [1.807, 2.05) is 23.1 Å². The molecule has 1 amide bonds. The minimum atomic E-state index is 0.121. The molecule has 0 N–H and O–H groups in total. The van der Waals surface area contributed by atoms with E-state index in [-0.39, 0.29) is 11.3 Å². The van der Waals surface area contributed by atoms with E-state index in [1.54, 1.807) is 0 Å². The van der Waals surface area contributed by atoms with Crippen LogP contribution in [0.2, 0.25) is 0 Å². The lowest BCUT2D eigenvalue weighted by Gasteiger charge is -2.38. The van der Waals surface area contributed by atoms with Gasteiger partial charge in [0.25, 0.3) is 5.91 Å². The molecule has 0 aliphatic carbocycles. The van der Waals surface area contributed by atoms with E-state index >= 15 is 0 Å². The third-order valence-electron chi connectivity index (χ3n) is 3.35. The Morgan fingerprint density at radius 1 is 1.33 bits per heavy atom. The Labute approximate surface area is 125 Å². The molecule has 0 saturated carbocycles. The minimum absolute atomic E-state index is 0.121. The zero-order valence-electron chi connectivity index (χ0n) is 10.7. The number of rotatable bonds is 1. The normalized spacial score (nSPS) is 18.8. The van der Waals surface area contributed by atoms with Crippen LogP contribution in [0.15, 0.2) is 27.1 Å². The molecule has 0 spiro atoms. The molecule has 1 aliphatic rings.